The molecule has 0 heterocycles. The lowest BCUT2D eigenvalue weighted by Crippen LogP contribution is -1.97. The van der Waals surface area contributed by atoms with Crippen molar-refractivity contribution < 1.29 is 0 Å². The van der Waals surface area contributed by atoms with Crippen LogP contribution in [0.5, 0.6) is 0 Å². The van der Waals surface area contributed by atoms with Gasteiger partial charge in [0.15, 0.2) is 0 Å². The van der Waals surface area contributed by atoms with Crippen LogP contribution in [-0.2, 0) is 0 Å². The van der Waals surface area contributed by atoms with Crippen molar-refractivity contribution in [2.45, 2.75) is 146 Å². The van der Waals surface area contributed by atoms with Crippen molar-refractivity contribution in [3.63, 3.8) is 0 Å². The second-order valence-corrected chi connectivity index (χ2v) is 9.59. The first-order valence-electron chi connectivity index (χ1n) is 11.4. The summed E-state index contributed by atoms with van der Waals surface area (Å²) < 4.78 is 0.941. The van der Waals surface area contributed by atoms with E-state index < -0.39 is 0 Å². The smallest absolute Gasteiger partial charge is 0.0110 e. The highest BCUT2D eigenvalue weighted by atomic mass is 127. The maximum Gasteiger partial charge on any atom is 0.0110 e. The molecule has 1 unspecified atom stereocenters. The summed E-state index contributed by atoms with van der Waals surface area (Å²) in [5.74, 6) is 0. The topological polar surface area (TPSA) is 0 Å². The molecule has 1 atom stereocenters. The molecule has 0 spiro atoms. The molecule has 0 aromatic heterocycles. The van der Waals surface area contributed by atoms with E-state index in [0.29, 0.717) is 0 Å². The number of hydrogen-bond acceptors (Lipinski definition) is 0. The summed E-state index contributed by atoms with van der Waals surface area (Å²) in [4.78, 5) is 0. The van der Waals surface area contributed by atoms with Gasteiger partial charge < -0.3 is 0 Å². The van der Waals surface area contributed by atoms with Gasteiger partial charge in [0.1, 0.15) is 0 Å². The van der Waals surface area contributed by atoms with Gasteiger partial charge in [0.2, 0.25) is 0 Å². The van der Waals surface area contributed by atoms with Gasteiger partial charge in [-0.05, 0) is 12.8 Å². The molecule has 0 radical (unpaired) electrons. The zero-order valence-electron chi connectivity index (χ0n) is 17.1. The normalized spacial score (nSPS) is 12.6. The molecule has 0 fully saturated rings. The molecule has 0 saturated heterocycles. The fourth-order valence-electron chi connectivity index (χ4n) is 3.50. The molecule has 0 nitrogen and oxygen atoms in total. The van der Waals surface area contributed by atoms with E-state index in [2.05, 4.69) is 36.4 Å². The molecule has 0 rings (SSSR count). The lowest BCUT2D eigenvalue weighted by Gasteiger charge is -2.09. The minimum Gasteiger partial charge on any atom is -0.0826 e. The van der Waals surface area contributed by atoms with E-state index in [9.17, 15) is 0 Å². The van der Waals surface area contributed by atoms with Gasteiger partial charge >= 0.3 is 0 Å². The second kappa shape index (κ2) is 21.8. The van der Waals surface area contributed by atoms with E-state index in [-0.39, 0.29) is 0 Å². The van der Waals surface area contributed by atoms with Crippen molar-refractivity contribution >= 4 is 22.6 Å². The number of halogens is 1. The summed E-state index contributed by atoms with van der Waals surface area (Å²) in [5, 5.41) is 0. The largest absolute Gasteiger partial charge is 0.0826 e. The maximum atomic E-state index is 2.71. The zero-order chi connectivity index (χ0) is 17.7. The van der Waals surface area contributed by atoms with E-state index in [0.717, 1.165) is 3.92 Å². The van der Waals surface area contributed by atoms with Crippen LogP contribution >= 0.6 is 22.6 Å². The Balaban J connectivity index is 3.11. The molecule has 0 saturated carbocycles. The van der Waals surface area contributed by atoms with E-state index in [1.165, 1.54) is 128 Å². The van der Waals surface area contributed by atoms with Crippen LogP contribution in [0.15, 0.2) is 0 Å². The SMILES string of the molecule is CCCCCCCCCCCCCC(I)CCCCCCCCC. The summed E-state index contributed by atoms with van der Waals surface area (Å²) >= 11 is 2.71. The fraction of sp³-hybridized carbons (Fsp3) is 1.00. The van der Waals surface area contributed by atoms with Gasteiger partial charge in [-0.25, -0.2) is 0 Å². The minimum atomic E-state index is 0.941. The quantitative estimate of drug-likeness (QED) is 0.0984. The van der Waals surface area contributed by atoms with Crippen LogP contribution in [0.4, 0.5) is 0 Å². The first-order valence-corrected chi connectivity index (χ1v) is 12.7. The van der Waals surface area contributed by atoms with Crippen molar-refractivity contribution in [1.82, 2.24) is 0 Å². The molecule has 0 amide bonds. The second-order valence-electron chi connectivity index (χ2n) is 7.83. The predicted molar refractivity (Wildman–Crippen MR) is 121 cm³/mol. The Kier molecular flexibility index (Phi) is 22.4. The monoisotopic (exact) mass is 450 g/mol. The third kappa shape index (κ3) is 20.8. The Morgan fingerprint density at radius 3 is 0.958 bits per heavy atom. The maximum absolute atomic E-state index is 2.71. The highest BCUT2D eigenvalue weighted by Crippen LogP contribution is 2.20. The van der Waals surface area contributed by atoms with Crippen molar-refractivity contribution in [3.05, 3.63) is 0 Å². The predicted octanol–water partition coefficient (Wildman–Crippen LogP) is 9.63. The highest BCUT2D eigenvalue weighted by molar-refractivity contribution is 14.1. The van der Waals surface area contributed by atoms with Crippen LogP contribution in [0.1, 0.15) is 142 Å². The molecule has 24 heavy (non-hydrogen) atoms. The number of rotatable bonds is 20. The van der Waals surface area contributed by atoms with Crippen molar-refractivity contribution in [3.8, 4) is 0 Å². The van der Waals surface area contributed by atoms with Gasteiger partial charge in [-0.15, -0.1) is 0 Å². The first-order chi connectivity index (χ1) is 11.8. The van der Waals surface area contributed by atoms with E-state index >= 15 is 0 Å². The van der Waals surface area contributed by atoms with Crippen molar-refractivity contribution in [2.24, 2.45) is 0 Å². The summed E-state index contributed by atoms with van der Waals surface area (Å²) in [6, 6.07) is 0. The van der Waals surface area contributed by atoms with E-state index in [1.54, 1.807) is 0 Å². The van der Waals surface area contributed by atoms with Crippen molar-refractivity contribution in [2.75, 3.05) is 0 Å². The van der Waals surface area contributed by atoms with Crippen molar-refractivity contribution in [1.29, 1.82) is 0 Å². The lowest BCUT2D eigenvalue weighted by molar-refractivity contribution is 0.531. The Hall–Kier alpha value is 0.730. The van der Waals surface area contributed by atoms with E-state index in [4.69, 9.17) is 0 Å². The highest BCUT2D eigenvalue weighted by Gasteiger charge is 2.03. The standard InChI is InChI=1S/C23H47I/c1-3-5-7-9-11-12-13-14-16-18-20-22-23(24)21-19-17-15-10-8-6-4-2/h23H,3-22H2,1-2H3. The third-order valence-electron chi connectivity index (χ3n) is 5.24. The first kappa shape index (κ1) is 24.7. The van der Waals surface area contributed by atoms with Crippen LogP contribution in [0.3, 0.4) is 0 Å². The van der Waals surface area contributed by atoms with Crippen LogP contribution in [0, 0.1) is 0 Å². The molecular formula is C23H47I. The fourth-order valence-corrected chi connectivity index (χ4v) is 4.38. The minimum absolute atomic E-state index is 0.941. The van der Waals surface area contributed by atoms with Gasteiger partial charge in [0.25, 0.3) is 0 Å². The molecule has 0 aromatic carbocycles. The summed E-state index contributed by atoms with van der Waals surface area (Å²) in [6.07, 6.45) is 29.2. The lowest BCUT2D eigenvalue weighted by atomic mass is 10.0. The molecule has 0 aliphatic rings. The number of hydrogen-bond donors (Lipinski definition) is 0. The Morgan fingerprint density at radius 1 is 0.417 bits per heavy atom. The molecule has 1 heteroatoms. The van der Waals surface area contributed by atoms with Gasteiger partial charge in [-0.3, -0.25) is 0 Å². The molecular weight excluding hydrogens is 403 g/mol. The van der Waals surface area contributed by atoms with Crippen LogP contribution < -0.4 is 0 Å². The zero-order valence-corrected chi connectivity index (χ0v) is 19.3. The van der Waals surface area contributed by atoms with E-state index in [1.807, 2.05) is 0 Å². The van der Waals surface area contributed by atoms with Gasteiger partial charge in [0.05, 0.1) is 0 Å². The van der Waals surface area contributed by atoms with Crippen LogP contribution in [0.2, 0.25) is 0 Å². The Labute approximate surface area is 168 Å². The van der Waals surface area contributed by atoms with Crippen LogP contribution in [-0.4, -0.2) is 3.92 Å². The van der Waals surface area contributed by atoms with Crippen LogP contribution in [0.25, 0.3) is 0 Å². The summed E-state index contributed by atoms with van der Waals surface area (Å²) in [6.45, 7) is 4.60. The summed E-state index contributed by atoms with van der Waals surface area (Å²) in [5.41, 5.74) is 0. The average Bonchev–Trinajstić information content (AvgIpc) is 2.59. The molecule has 0 N–H and O–H groups in total. The third-order valence-corrected chi connectivity index (χ3v) is 6.49. The number of unbranched alkanes of at least 4 members (excludes halogenated alkanes) is 16. The van der Waals surface area contributed by atoms with Gasteiger partial charge in [-0.2, -0.15) is 0 Å². The molecule has 0 aliphatic heterocycles. The summed E-state index contributed by atoms with van der Waals surface area (Å²) in [7, 11) is 0. The molecule has 0 aliphatic carbocycles. The van der Waals surface area contributed by atoms with Gasteiger partial charge in [0, 0.05) is 3.92 Å². The average molecular weight is 451 g/mol. The Bertz CT molecular complexity index is 214. The molecule has 0 aromatic rings. The Morgan fingerprint density at radius 2 is 0.667 bits per heavy atom. The van der Waals surface area contributed by atoms with Gasteiger partial charge in [-0.1, -0.05) is 152 Å². The molecule has 146 valence electrons. The number of alkyl halides is 1. The molecule has 0 bridgehead atoms.